The maximum atomic E-state index is 13.4. The van der Waals surface area contributed by atoms with Gasteiger partial charge in [0.2, 0.25) is 0 Å². The number of carbonyl (C=O) groups excluding carboxylic acids is 1. The predicted octanol–water partition coefficient (Wildman–Crippen LogP) is 4.38. The number of nitrogens with zero attached hydrogens (tertiary/aromatic N) is 2. The molecule has 2 heterocycles. The molecule has 0 aliphatic carbocycles. The van der Waals surface area contributed by atoms with Crippen LogP contribution >= 0.6 is 11.3 Å². The fourth-order valence-corrected chi connectivity index (χ4v) is 4.45. The molecule has 33 heavy (non-hydrogen) atoms. The Morgan fingerprint density at radius 2 is 1.88 bits per heavy atom. The Balaban J connectivity index is 1.73. The minimum absolute atomic E-state index is 0.0417. The highest BCUT2D eigenvalue weighted by atomic mass is 32.1. The standard InChI is InChI=1S/C24H21N3O5S/c1-32-17-4-2-3-14(13-17)19-10-9-18-21(25)22(33-23(18)26-19)24(31)27(12-11-20(29)30)15-5-7-16(28)8-6-15/h2-10,13,28H,11-12,25H2,1H3,(H,29,30). The van der Waals surface area contributed by atoms with Crippen molar-refractivity contribution in [1.82, 2.24) is 4.98 Å². The number of phenolic OH excluding ortho intramolecular Hbond substituents is 1. The van der Waals surface area contributed by atoms with E-state index in [0.29, 0.717) is 33.0 Å². The van der Waals surface area contributed by atoms with Crippen molar-refractivity contribution in [2.24, 2.45) is 0 Å². The number of amides is 1. The van der Waals surface area contributed by atoms with Crippen molar-refractivity contribution < 1.29 is 24.5 Å². The second-order valence-electron chi connectivity index (χ2n) is 7.24. The topological polar surface area (TPSA) is 126 Å². The molecule has 0 saturated carbocycles. The second-order valence-corrected chi connectivity index (χ2v) is 8.24. The van der Waals surface area contributed by atoms with E-state index in [1.165, 1.54) is 17.0 Å². The largest absolute Gasteiger partial charge is 0.508 e. The average molecular weight is 464 g/mol. The number of carbonyl (C=O) groups is 2. The van der Waals surface area contributed by atoms with Gasteiger partial charge in [0.25, 0.3) is 5.91 Å². The summed E-state index contributed by atoms with van der Waals surface area (Å²) >= 11 is 1.16. The van der Waals surface area contributed by atoms with E-state index >= 15 is 0 Å². The molecule has 168 valence electrons. The number of anilines is 2. The number of hydrogen-bond acceptors (Lipinski definition) is 7. The van der Waals surface area contributed by atoms with Gasteiger partial charge in [-0.25, -0.2) is 4.98 Å². The van der Waals surface area contributed by atoms with Crippen LogP contribution in [0.4, 0.5) is 11.4 Å². The van der Waals surface area contributed by atoms with Crippen LogP contribution in [0.2, 0.25) is 0 Å². The van der Waals surface area contributed by atoms with Crippen LogP contribution in [-0.4, -0.2) is 40.7 Å². The summed E-state index contributed by atoms with van der Waals surface area (Å²) < 4.78 is 5.28. The number of benzene rings is 2. The number of ether oxygens (including phenoxy) is 1. The molecule has 1 amide bonds. The van der Waals surface area contributed by atoms with Crippen LogP contribution in [0.3, 0.4) is 0 Å². The highest BCUT2D eigenvalue weighted by Gasteiger charge is 2.25. The fraction of sp³-hybridized carbons (Fsp3) is 0.125. The number of thiophene rings is 1. The molecule has 0 bridgehead atoms. The van der Waals surface area contributed by atoms with Gasteiger partial charge in [0.05, 0.1) is 24.9 Å². The molecule has 0 saturated heterocycles. The van der Waals surface area contributed by atoms with Crippen molar-refractivity contribution in [3.63, 3.8) is 0 Å². The average Bonchev–Trinajstić information content (AvgIpc) is 3.15. The number of carboxylic acid groups (broad SMARTS) is 1. The van der Waals surface area contributed by atoms with Gasteiger partial charge in [-0.15, -0.1) is 11.3 Å². The lowest BCUT2D eigenvalue weighted by atomic mass is 10.1. The van der Waals surface area contributed by atoms with E-state index in [0.717, 1.165) is 16.9 Å². The third-order valence-electron chi connectivity index (χ3n) is 5.11. The Hall–Kier alpha value is -4.11. The summed E-state index contributed by atoms with van der Waals surface area (Å²) in [5.74, 6) is -0.704. The minimum atomic E-state index is -1.03. The number of aromatic hydroxyl groups is 1. The van der Waals surface area contributed by atoms with E-state index in [2.05, 4.69) is 4.98 Å². The summed E-state index contributed by atoms with van der Waals surface area (Å²) in [5, 5.41) is 19.4. The Labute approximate surface area is 193 Å². The number of rotatable bonds is 7. The van der Waals surface area contributed by atoms with Crippen LogP contribution in [-0.2, 0) is 4.79 Å². The number of methoxy groups -OCH3 is 1. The Bertz CT molecular complexity index is 1330. The van der Waals surface area contributed by atoms with Crippen LogP contribution in [0, 0.1) is 0 Å². The Kier molecular flexibility index (Phi) is 6.14. The lowest BCUT2D eigenvalue weighted by Crippen LogP contribution is -2.32. The van der Waals surface area contributed by atoms with Gasteiger partial charge in [0.1, 0.15) is 21.2 Å². The van der Waals surface area contributed by atoms with E-state index in [9.17, 15) is 14.7 Å². The van der Waals surface area contributed by atoms with E-state index in [1.807, 2.05) is 36.4 Å². The number of hydrogen-bond donors (Lipinski definition) is 3. The number of phenols is 1. The second kappa shape index (κ2) is 9.17. The molecule has 0 aliphatic heterocycles. The molecule has 2 aromatic carbocycles. The van der Waals surface area contributed by atoms with Crippen LogP contribution in [0.1, 0.15) is 16.1 Å². The summed E-state index contributed by atoms with van der Waals surface area (Å²) in [6, 6.07) is 17.1. The van der Waals surface area contributed by atoms with Crippen molar-refractivity contribution in [2.45, 2.75) is 6.42 Å². The molecule has 0 fully saturated rings. The molecule has 0 atom stereocenters. The number of nitrogens with two attached hydrogens (primary N) is 1. The van der Waals surface area contributed by atoms with Crippen molar-refractivity contribution >= 4 is 44.8 Å². The molecule has 0 aliphatic rings. The number of fused-ring (bicyclic) bond motifs is 1. The number of aliphatic carboxylic acids is 1. The zero-order valence-corrected chi connectivity index (χ0v) is 18.5. The maximum absolute atomic E-state index is 13.4. The molecule has 9 heteroatoms. The monoisotopic (exact) mass is 463 g/mol. The quantitative estimate of drug-likeness (QED) is 0.371. The van der Waals surface area contributed by atoms with Crippen molar-refractivity contribution in [3.05, 3.63) is 65.5 Å². The smallest absolute Gasteiger partial charge is 0.305 e. The fourth-order valence-electron chi connectivity index (χ4n) is 3.41. The highest BCUT2D eigenvalue weighted by molar-refractivity contribution is 7.21. The van der Waals surface area contributed by atoms with Crippen molar-refractivity contribution in [3.8, 4) is 22.8 Å². The lowest BCUT2D eigenvalue weighted by molar-refractivity contribution is -0.136. The summed E-state index contributed by atoms with van der Waals surface area (Å²) in [6.07, 6.45) is -0.240. The molecule has 8 nitrogen and oxygen atoms in total. The van der Waals surface area contributed by atoms with E-state index in [4.69, 9.17) is 15.6 Å². The first-order chi connectivity index (χ1) is 15.9. The summed E-state index contributed by atoms with van der Waals surface area (Å²) in [4.78, 5) is 31.5. The summed E-state index contributed by atoms with van der Waals surface area (Å²) in [5.41, 5.74) is 8.65. The Morgan fingerprint density at radius 1 is 1.12 bits per heavy atom. The third kappa shape index (κ3) is 4.58. The maximum Gasteiger partial charge on any atom is 0.305 e. The lowest BCUT2D eigenvalue weighted by Gasteiger charge is -2.22. The van der Waals surface area contributed by atoms with E-state index in [1.54, 1.807) is 19.2 Å². The van der Waals surface area contributed by atoms with Crippen molar-refractivity contribution in [2.75, 3.05) is 24.3 Å². The number of aromatic nitrogens is 1. The molecule has 4 aromatic rings. The predicted molar refractivity (Wildman–Crippen MR) is 128 cm³/mol. The molecule has 2 aromatic heterocycles. The molecular formula is C24H21N3O5S. The van der Waals surface area contributed by atoms with Gasteiger partial charge in [-0.3, -0.25) is 9.59 Å². The van der Waals surface area contributed by atoms with Gasteiger partial charge in [0, 0.05) is 23.2 Å². The first-order valence-corrected chi connectivity index (χ1v) is 10.8. The van der Waals surface area contributed by atoms with Crippen LogP contribution in [0.25, 0.3) is 21.5 Å². The van der Waals surface area contributed by atoms with Crippen LogP contribution < -0.4 is 15.4 Å². The molecule has 0 radical (unpaired) electrons. The van der Waals surface area contributed by atoms with Gasteiger partial charge in [-0.1, -0.05) is 12.1 Å². The van der Waals surface area contributed by atoms with Gasteiger partial charge < -0.3 is 25.6 Å². The third-order valence-corrected chi connectivity index (χ3v) is 6.21. The number of carboxylic acids is 1. The normalized spacial score (nSPS) is 10.8. The first-order valence-electron chi connectivity index (χ1n) is 10.0. The number of nitrogen functional groups attached to an aromatic ring is 1. The van der Waals surface area contributed by atoms with Crippen LogP contribution in [0.5, 0.6) is 11.5 Å². The SMILES string of the molecule is COc1cccc(-c2ccc3c(N)c(C(=O)N(CCC(=O)O)c4ccc(O)cc4)sc3n2)c1. The summed E-state index contributed by atoms with van der Waals surface area (Å²) in [7, 11) is 1.60. The molecule has 0 spiro atoms. The summed E-state index contributed by atoms with van der Waals surface area (Å²) in [6.45, 7) is -0.0465. The molecule has 4 N–H and O–H groups in total. The van der Waals surface area contributed by atoms with Gasteiger partial charge in [0.15, 0.2) is 0 Å². The minimum Gasteiger partial charge on any atom is -0.508 e. The number of pyridine rings is 1. The van der Waals surface area contributed by atoms with E-state index < -0.39 is 11.9 Å². The first kappa shape index (κ1) is 22.1. The zero-order chi connectivity index (χ0) is 23.5. The zero-order valence-electron chi connectivity index (χ0n) is 17.7. The van der Waals surface area contributed by atoms with Crippen LogP contribution in [0.15, 0.2) is 60.7 Å². The van der Waals surface area contributed by atoms with Gasteiger partial charge in [-0.2, -0.15) is 0 Å². The van der Waals surface area contributed by atoms with Crippen molar-refractivity contribution in [1.29, 1.82) is 0 Å². The van der Waals surface area contributed by atoms with E-state index in [-0.39, 0.29) is 23.6 Å². The molecule has 4 rings (SSSR count). The molecular weight excluding hydrogens is 442 g/mol. The Morgan fingerprint density at radius 3 is 2.58 bits per heavy atom. The molecule has 0 unspecified atom stereocenters. The van der Waals surface area contributed by atoms with Gasteiger partial charge >= 0.3 is 5.97 Å². The highest BCUT2D eigenvalue weighted by Crippen LogP contribution is 2.36. The van der Waals surface area contributed by atoms with Gasteiger partial charge in [-0.05, 0) is 48.5 Å².